The van der Waals surface area contributed by atoms with Crippen LogP contribution in [-0.4, -0.2) is 30.6 Å². The summed E-state index contributed by atoms with van der Waals surface area (Å²) in [5.74, 6) is 0. The maximum atomic E-state index is 14.2. The van der Waals surface area contributed by atoms with E-state index in [9.17, 15) is 36.2 Å². The summed E-state index contributed by atoms with van der Waals surface area (Å²) >= 11 is 5.54. The largest absolute Gasteiger partial charge is 0.434 e. The van der Waals surface area contributed by atoms with Crippen LogP contribution in [0.4, 0.5) is 26.3 Å². The molecular weight excluding hydrogens is 454 g/mol. The van der Waals surface area contributed by atoms with E-state index < -0.39 is 45.5 Å². The monoisotopic (exact) mass is 466 g/mol. The number of halogens is 7. The molecule has 31 heavy (non-hydrogen) atoms. The zero-order chi connectivity index (χ0) is 22.9. The molecule has 1 aliphatic rings. The molecule has 0 saturated heterocycles. The number of aromatic nitrogens is 4. The van der Waals surface area contributed by atoms with Crippen molar-refractivity contribution in [1.82, 2.24) is 19.3 Å². The molecule has 4 rings (SSSR count). The molecule has 0 amide bonds. The number of nitrogens with zero attached hydrogens (tertiary/aromatic N) is 4. The first-order valence-electron chi connectivity index (χ1n) is 8.87. The Morgan fingerprint density at radius 1 is 1.19 bits per heavy atom. The van der Waals surface area contributed by atoms with Gasteiger partial charge < -0.3 is 9.67 Å². The summed E-state index contributed by atoms with van der Waals surface area (Å²) in [5.41, 5.74) is -8.25. The fourth-order valence-corrected chi connectivity index (χ4v) is 3.82. The second-order valence-electron chi connectivity index (χ2n) is 7.25. The molecule has 166 valence electrons. The number of alkyl halides is 6. The predicted octanol–water partition coefficient (Wildman–Crippen LogP) is 3.94. The maximum Gasteiger partial charge on any atom is 0.434 e. The average Bonchev–Trinajstić information content (AvgIpc) is 3.41. The smallest absolute Gasteiger partial charge is 0.371 e. The zero-order valence-electron chi connectivity index (χ0n) is 15.6. The van der Waals surface area contributed by atoms with Crippen LogP contribution in [-0.2, 0) is 18.8 Å². The molecule has 0 aromatic carbocycles. The van der Waals surface area contributed by atoms with E-state index in [2.05, 4.69) is 10.1 Å². The van der Waals surface area contributed by atoms with Crippen molar-refractivity contribution in [3.63, 3.8) is 0 Å². The van der Waals surface area contributed by atoms with E-state index in [1.807, 2.05) is 0 Å². The van der Waals surface area contributed by atoms with Crippen LogP contribution >= 0.6 is 11.6 Å². The van der Waals surface area contributed by atoms with Gasteiger partial charge in [-0.3, -0.25) is 9.48 Å². The van der Waals surface area contributed by atoms with Gasteiger partial charge in [0.1, 0.15) is 0 Å². The molecule has 0 bridgehead atoms. The lowest BCUT2D eigenvalue weighted by atomic mass is 9.88. The zero-order valence-corrected chi connectivity index (χ0v) is 16.3. The molecule has 6 nitrogen and oxygen atoms in total. The first-order chi connectivity index (χ1) is 14.3. The van der Waals surface area contributed by atoms with Gasteiger partial charge in [-0.2, -0.15) is 31.4 Å². The Hall–Kier alpha value is -2.60. The highest BCUT2D eigenvalue weighted by atomic mass is 35.5. The van der Waals surface area contributed by atoms with E-state index in [-0.39, 0.29) is 23.1 Å². The minimum Gasteiger partial charge on any atom is -0.371 e. The van der Waals surface area contributed by atoms with E-state index in [1.165, 1.54) is 16.8 Å². The second kappa shape index (κ2) is 6.70. The molecular formula is C18H13ClF6N4O2. The number of pyridine rings is 2. The number of aryl methyl sites for hydroxylation is 1. The van der Waals surface area contributed by atoms with Gasteiger partial charge in [-0.25, -0.2) is 4.98 Å². The van der Waals surface area contributed by atoms with Crippen LogP contribution in [0.1, 0.15) is 35.8 Å². The van der Waals surface area contributed by atoms with Gasteiger partial charge in [0.2, 0.25) is 5.60 Å². The van der Waals surface area contributed by atoms with Crippen molar-refractivity contribution in [2.75, 3.05) is 0 Å². The molecule has 1 saturated carbocycles. The fraction of sp³-hybridized carbons (Fsp3) is 0.389. The third-order valence-corrected chi connectivity index (χ3v) is 5.43. The third kappa shape index (κ3) is 3.28. The molecule has 3 aromatic heterocycles. The molecule has 1 unspecified atom stereocenters. The van der Waals surface area contributed by atoms with Crippen LogP contribution in [0.2, 0.25) is 5.02 Å². The second-order valence-corrected chi connectivity index (χ2v) is 7.66. The number of hydrogen-bond acceptors (Lipinski definition) is 4. The Kier molecular flexibility index (Phi) is 4.67. The standard InChI is InChI=1S/C18H13ClF6N4O2/c1-28-14(10-4-5-29(9-2-3-9)15(30)12(10)27-28)16(31,18(23,24)25)8-6-11(19)13(26-7-8)17(20,21)22/h4-7,9,31H,2-3H2,1H3. The molecule has 3 heterocycles. The molecule has 0 aliphatic heterocycles. The van der Waals surface area contributed by atoms with E-state index in [0.717, 1.165) is 19.9 Å². The Bertz CT molecular complexity index is 1240. The summed E-state index contributed by atoms with van der Waals surface area (Å²) in [5, 5.41) is 13.3. The summed E-state index contributed by atoms with van der Waals surface area (Å²) in [6.45, 7) is 0. The van der Waals surface area contributed by atoms with Crippen LogP contribution in [0.5, 0.6) is 0 Å². The minimum atomic E-state index is -5.41. The molecule has 3 aromatic rings. The van der Waals surface area contributed by atoms with Gasteiger partial charge in [0.25, 0.3) is 5.56 Å². The quantitative estimate of drug-likeness (QED) is 0.594. The van der Waals surface area contributed by atoms with Gasteiger partial charge in [0.15, 0.2) is 11.2 Å². The summed E-state index contributed by atoms with van der Waals surface area (Å²) in [6.07, 6.45) is -7.36. The van der Waals surface area contributed by atoms with Crippen molar-refractivity contribution in [1.29, 1.82) is 0 Å². The van der Waals surface area contributed by atoms with Gasteiger partial charge in [0.05, 0.1) is 10.7 Å². The topological polar surface area (TPSA) is 72.9 Å². The number of fused-ring (bicyclic) bond motifs is 1. The highest BCUT2D eigenvalue weighted by molar-refractivity contribution is 6.31. The van der Waals surface area contributed by atoms with Gasteiger partial charge in [0, 0.05) is 36.4 Å². The van der Waals surface area contributed by atoms with Crippen molar-refractivity contribution < 1.29 is 31.4 Å². The van der Waals surface area contributed by atoms with Crippen molar-refractivity contribution in [2.24, 2.45) is 7.05 Å². The third-order valence-electron chi connectivity index (χ3n) is 5.14. The summed E-state index contributed by atoms with van der Waals surface area (Å²) in [7, 11) is 1.09. The first-order valence-corrected chi connectivity index (χ1v) is 9.25. The minimum absolute atomic E-state index is 0.0678. The van der Waals surface area contributed by atoms with Gasteiger partial charge in [-0.1, -0.05) is 11.6 Å². The van der Waals surface area contributed by atoms with Gasteiger partial charge in [-0.05, 0) is 25.0 Å². The molecule has 1 fully saturated rings. The molecule has 1 N–H and O–H groups in total. The average molecular weight is 467 g/mol. The van der Waals surface area contributed by atoms with Crippen LogP contribution < -0.4 is 5.56 Å². The molecule has 1 aliphatic carbocycles. The number of hydrogen-bond donors (Lipinski definition) is 1. The Morgan fingerprint density at radius 3 is 2.35 bits per heavy atom. The van der Waals surface area contributed by atoms with Crippen LogP contribution in [0.3, 0.4) is 0 Å². The molecule has 0 spiro atoms. The number of rotatable bonds is 3. The Labute approximate surface area is 174 Å². The van der Waals surface area contributed by atoms with Crippen molar-refractivity contribution >= 4 is 22.5 Å². The number of aliphatic hydroxyl groups is 1. The van der Waals surface area contributed by atoms with Crippen LogP contribution in [0.25, 0.3) is 10.9 Å². The Balaban J connectivity index is 1.99. The highest BCUT2D eigenvalue weighted by Crippen LogP contribution is 2.47. The van der Waals surface area contributed by atoms with E-state index in [0.29, 0.717) is 10.7 Å². The maximum absolute atomic E-state index is 14.2. The first kappa shape index (κ1) is 21.6. The summed E-state index contributed by atoms with van der Waals surface area (Å²) < 4.78 is 83.3. The van der Waals surface area contributed by atoms with Crippen molar-refractivity contribution in [2.45, 2.75) is 36.8 Å². The van der Waals surface area contributed by atoms with E-state index >= 15 is 0 Å². The molecule has 1 atom stereocenters. The summed E-state index contributed by atoms with van der Waals surface area (Å²) in [4.78, 5) is 15.7. The summed E-state index contributed by atoms with van der Waals surface area (Å²) in [6, 6.07) is 1.50. The lowest BCUT2D eigenvalue weighted by molar-refractivity contribution is -0.250. The normalized spacial score (nSPS) is 17.2. The SMILES string of the molecule is Cn1nc2c(=O)n(C3CC3)ccc2c1C(O)(c1cnc(C(F)(F)F)c(Cl)c1)C(F)(F)F. The molecule has 0 radical (unpaired) electrons. The highest BCUT2D eigenvalue weighted by Gasteiger charge is 2.59. The Morgan fingerprint density at radius 2 is 1.84 bits per heavy atom. The van der Waals surface area contributed by atoms with Crippen LogP contribution in [0.15, 0.2) is 29.3 Å². The lowest BCUT2D eigenvalue weighted by Gasteiger charge is -2.31. The van der Waals surface area contributed by atoms with E-state index in [1.54, 1.807) is 0 Å². The lowest BCUT2D eigenvalue weighted by Crippen LogP contribution is -2.45. The van der Waals surface area contributed by atoms with Gasteiger partial charge in [-0.15, -0.1) is 0 Å². The molecule has 13 heteroatoms. The van der Waals surface area contributed by atoms with Crippen molar-refractivity contribution in [3.8, 4) is 0 Å². The fourth-order valence-electron chi connectivity index (χ4n) is 3.55. The van der Waals surface area contributed by atoms with Crippen molar-refractivity contribution in [3.05, 3.63) is 56.9 Å². The van der Waals surface area contributed by atoms with Crippen LogP contribution in [0, 0.1) is 0 Å². The van der Waals surface area contributed by atoms with E-state index in [4.69, 9.17) is 11.6 Å². The predicted molar refractivity (Wildman–Crippen MR) is 96.5 cm³/mol. The van der Waals surface area contributed by atoms with Gasteiger partial charge >= 0.3 is 12.4 Å².